The summed E-state index contributed by atoms with van der Waals surface area (Å²) in [5.74, 6) is -0.962. The van der Waals surface area contributed by atoms with Gasteiger partial charge in [-0.3, -0.25) is 9.59 Å². The molecule has 27 heavy (non-hydrogen) atoms. The minimum Gasteiger partial charge on any atom is -0.467 e. The Balaban J connectivity index is 2.81. The lowest BCUT2D eigenvalue weighted by molar-refractivity contribution is -0.143. The van der Waals surface area contributed by atoms with Crippen LogP contribution < -0.4 is 5.32 Å². The van der Waals surface area contributed by atoms with Crippen molar-refractivity contribution < 1.29 is 28.7 Å². The fourth-order valence-electron chi connectivity index (χ4n) is 2.25. The number of alkyl carbamates (subject to hydrolysis) is 1. The van der Waals surface area contributed by atoms with Crippen molar-refractivity contribution in [2.24, 2.45) is 0 Å². The maximum atomic E-state index is 12.0. The molecule has 1 unspecified atom stereocenters. The second-order valence-electron chi connectivity index (χ2n) is 7.12. The molecule has 0 aliphatic rings. The van der Waals surface area contributed by atoms with E-state index in [1.807, 2.05) is 0 Å². The van der Waals surface area contributed by atoms with Crippen LogP contribution in [0, 0.1) is 0 Å². The molecular weight excluding hydrogens is 350 g/mol. The first-order valence-corrected chi connectivity index (χ1v) is 8.77. The van der Waals surface area contributed by atoms with Gasteiger partial charge in [0.25, 0.3) is 0 Å². The lowest BCUT2D eigenvalue weighted by Crippen LogP contribution is -2.45. The predicted molar refractivity (Wildman–Crippen MR) is 99.6 cm³/mol. The van der Waals surface area contributed by atoms with Gasteiger partial charge < -0.3 is 14.8 Å². The van der Waals surface area contributed by atoms with E-state index in [9.17, 15) is 19.2 Å². The highest BCUT2D eigenvalue weighted by Gasteiger charge is 2.25. The van der Waals surface area contributed by atoms with E-state index in [-0.39, 0.29) is 24.4 Å². The fourth-order valence-corrected chi connectivity index (χ4v) is 2.25. The number of nitrogens with one attached hydrogen (secondary N) is 1. The lowest BCUT2D eigenvalue weighted by atomic mass is 10.0. The van der Waals surface area contributed by atoms with Crippen molar-refractivity contribution in [3.8, 4) is 0 Å². The molecule has 1 atom stereocenters. The zero-order chi connectivity index (χ0) is 20.6. The molecule has 0 saturated carbocycles. The summed E-state index contributed by atoms with van der Waals surface area (Å²) >= 11 is 0. The van der Waals surface area contributed by atoms with Gasteiger partial charge in [-0.05, 0) is 26.3 Å². The van der Waals surface area contributed by atoms with Crippen molar-refractivity contribution in [1.82, 2.24) is 5.32 Å². The third-order valence-electron chi connectivity index (χ3n) is 3.64. The monoisotopic (exact) mass is 377 g/mol. The molecule has 1 amide bonds. The van der Waals surface area contributed by atoms with Crippen molar-refractivity contribution in [1.29, 1.82) is 0 Å². The first kappa shape index (κ1) is 22.3. The van der Waals surface area contributed by atoms with E-state index in [1.54, 1.807) is 52.0 Å². The van der Waals surface area contributed by atoms with E-state index >= 15 is 0 Å². The van der Waals surface area contributed by atoms with Gasteiger partial charge in [0.2, 0.25) is 0 Å². The Hall–Kier alpha value is -2.70. The summed E-state index contributed by atoms with van der Waals surface area (Å²) in [5, 5.41) is 2.50. The molecule has 7 heteroatoms. The number of methoxy groups -OCH3 is 1. The number of carbonyl (C=O) groups is 4. The summed E-state index contributed by atoms with van der Waals surface area (Å²) in [6.07, 6.45) is -0.349. The molecule has 0 aromatic heterocycles. The van der Waals surface area contributed by atoms with Crippen LogP contribution in [0.15, 0.2) is 24.3 Å². The Morgan fingerprint density at radius 1 is 1.07 bits per heavy atom. The summed E-state index contributed by atoms with van der Waals surface area (Å²) in [6, 6.07) is 5.63. The molecule has 1 aromatic rings. The number of hydrogen-bond donors (Lipinski definition) is 1. The molecule has 148 valence electrons. The Bertz CT molecular complexity index is 687. The van der Waals surface area contributed by atoms with Crippen LogP contribution in [0.3, 0.4) is 0 Å². The van der Waals surface area contributed by atoms with Crippen LogP contribution in [0.2, 0.25) is 0 Å². The number of hydrogen-bond acceptors (Lipinski definition) is 6. The number of ketones is 2. The van der Waals surface area contributed by atoms with E-state index in [0.29, 0.717) is 12.0 Å². The maximum Gasteiger partial charge on any atom is 0.408 e. The molecule has 1 rings (SSSR count). The van der Waals surface area contributed by atoms with Crippen molar-refractivity contribution in [3.63, 3.8) is 0 Å². The zero-order valence-electron chi connectivity index (χ0n) is 16.5. The quantitative estimate of drug-likeness (QED) is 0.425. The van der Waals surface area contributed by atoms with Crippen LogP contribution in [-0.2, 0) is 25.5 Å². The maximum absolute atomic E-state index is 12.0. The SMILES string of the molecule is CCC(=O)CC(=O)c1ccc(CC(NC(=O)OC(C)(C)C)C(=O)OC)cc1. The highest BCUT2D eigenvalue weighted by molar-refractivity contribution is 6.07. The second kappa shape index (κ2) is 9.85. The van der Waals surface area contributed by atoms with Crippen LogP contribution in [0.5, 0.6) is 0 Å². The molecule has 7 nitrogen and oxygen atoms in total. The summed E-state index contributed by atoms with van der Waals surface area (Å²) in [7, 11) is 1.23. The van der Waals surface area contributed by atoms with Gasteiger partial charge in [0.1, 0.15) is 17.4 Å². The molecule has 0 saturated heterocycles. The Morgan fingerprint density at radius 3 is 2.15 bits per heavy atom. The smallest absolute Gasteiger partial charge is 0.408 e. The minimum atomic E-state index is -0.923. The van der Waals surface area contributed by atoms with Gasteiger partial charge in [-0.1, -0.05) is 31.2 Å². The molecule has 1 aromatic carbocycles. The van der Waals surface area contributed by atoms with Gasteiger partial charge in [0, 0.05) is 18.4 Å². The molecule has 0 fully saturated rings. The number of carbonyl (C=O) groups excluding carboxylic acids is 4. The van der Waals surface area contributed by atoms with Gasteiger partial charge in [-0.25, -0.2) is 9.59 Å². The van der Waals surface area contributed by atoms with Crippen molar-refractivity contribution in [2.75, 3.05) is 7.11 Å². The highest BCUT2D eigenvalue weighted by Crippen LogP contribution is 2.12. The van der Waals surface area contributed by atoms with Crippen molar-refractivity contribution in [3.05, 3.63) is 35.4 Å². The number of amides is 1. The van der Waals surface area contributed by atoms with E-state index in [0.717, 1.165) is 5.56 Å². The minimum absolute atomic E-state index is 0.114. The van der Waals surface area contributed by atoms with E-state index in [2.05, 4.69) is 5.32 Å². The molecular formula is C20H27NO6. The topological polar surface area (TPSA) is 98.8 Å². The zero-order valence-corrected chi connectivity index (χ0v) is 16.5. The van der Waals surface area contributed by atoms with Gasteiger partial charge in [0.15, 0.2) is 5.78 Å². The largest absolute Gasteiger partial charge is 0.467 e. The number of esters is 1. The number of Topliss-reactive ketones (excluding diaryl/α,β-unsaturated/α-hetero) is 2. The fraction of sp³-hybridized carbons (Fsp3) is 0.500. The van der Waals surface area contributed by atoms with E-state index in [4.69, 9.17) is 9.47 Å². The average Bonchev–Trinajstić information content (AvgIpc) is 2.59. The van der Waals surface area contributed by atoms with Crippen molar-refractivity contribution in [2.45, 2.75) is 58.6 Å². The Labute approximate surface area is 159 Å². The molecule has 0 aliphatic heterocycles. The Kier molecular flexibility index (Phi) is 8.15. The summed E-state index contributed by atoms with van der Waals surface area (Å²) in [6.45, 7) is 6.87. The number of ether oxygens (including phenoxy) is 2. The highest BCUT2D eigenvalue weighted by atomic mass is 16.6. The molecule has 0 radical (unpaired) electrons. The molecule has 0 heterocycles. The summed E-state index contributed by atoms with van der Waals surface area (Å²) in [5.41, 5.74) is 0.456. The Morgan fingerprint density at radius 2 is 1.67 bits per heavy atom. The van der Waals surface area contributed by atoms with Crippen LogP contribution in [0.1, 0.15) is 56.5 Å². The average molecular weight is 377 g/mol. The van der Waals surface area contributed by atoms with Gasteiger partial charge in [-0.2, -0.15) is 0 Å². The predicted octanol–water partition coefficient (Wildman–Crippen LogP) is 2.85. The molecule has 0 bridgehead atoms. The first-order chi connectivity index (χ1) is 12.6. The van der Waals surface area contributed by atoms with Crippen LogP contribution >= 0.6 is 0 Å². The number of rotatable bonds is 8. The summed E-state index contributed by atoms with van der Waals surface area (Å²) < 4.78 is 9.90. The standard InChI is InChI=1S/C20H27NO6/c1-6-15(22)12-17(23)14-9-7-13(8-10-14)11-16(18(24)26-5)21-19(25)27-20(2,3)4/h7-10,16H,6,11-12H2,1-5H3,(H,21,25). The van der Waals surface area contributed by atoms with Gasteiger partial charge in [0.05, 0.1) is 13.5 Å². The van der Waals surface area contributed by atoms with Crippen LogP contribution in [-0.4, -0.2) is 42.4 Å². The molecule has 0 spiro atoms. The van der Waals surface area contributed by atoms with Gasteiger partial charge in [-0.15, -0.1) is 0 Å². The first-order valence-electron chi connectivity index (χ1n) is 8.77. The molecule has 1 N–H and O–H groups in total. The van der Waals surface area contributed by atoms with Crippen LogP contribution in [0.25, 0.3) is 0 Å². The van der Waals surface area contributed by atoms with E-state index in [1.165, 1.54) is 7.11 Å². The third-order valence-corrected chi connectivity index (χ3v) is 3.64. The lowest BCUT2D eigenvalue weighted by Gasteiger charge is -2.22. The van der Waals surface area contributed by atoms with Gasteiger partial charge >= 0.3 is 12.1 Å². The van der Waals surface area contributed by atoms with Crippen molar-refractivity contribution >= 4 is 23.6 Å². The third kappa shape index (κ3) is 8.02. The number of benzene rings is 1. The van der Waals surface area contributed by atoms with Crippen LogP contribution in [0.4, 0.5) is 4.79 Å². The summed E-state index contributed by atoms with van der Waals surface area (Å²) in [4.78, 5) is 47.3. The second-order valence-corrected chi connectivity index (χ2v) is 7.12. The van der Waals surface area contributed by atoms with E-state index < -0.39 is 23.7 Å². The normalized spacial score (nSPS) is 12.0. The molecule has 0 aliphatic carbocycles.